The first-order valence-electron chi connectivity index (χ1n) is 7.19. The fourth-order valence-corrected chi connectivity index (χ4v) is 2.92. The van der Waals surface area contributed by atoms with Crippen LogP contribution in [0.2, 0.25) is 0 Å². The molecule has 1 atom stereocenters. The average Bonchev–Trinajstić information content (AvgIpc) is 2.53. The van der Waals surface area contributed by atoms with E-state index in [0.29, 0.717) is 25.9 Å². The highest BCUT2D eigenvalue weighted by atomic mass is 35.5. The molecule has 0 N–H and O–H groups in total. The van der Waals surface area contributed by atoms with E-state index in [0.717, 1.165) is 5.56 Å². The number of halogens is 1. The molecule has 1 heterocycles. The Morgan fingerprint density at radius 1 is 1.19 bits per heavy atom. The Hall–Kier alpha value is -1.55. The van der Waals surface area contributed by atoms with Crippen LogP contribution < -0.4 is 0 Å². The zero-order chi connectivity index (χ0) is 15.4. The molecule has 0 aromatic heterocycles. The minimum absolute atomic E-state index is 0.0227. The van der Waals surface area contributed by atoms with Gasteiger partial charge in [0.15, 0.2) is 0 Å². The van der Waals surface area contributed by atoms with Gasteiger partial charge in [-0.2, -0.15) is 0 Å². The first kappa shape index (κ1) is 15.8. The van der Waals surface area contributed by atoms with E-state index in [1.54, 1.807) is 23.9 Å². The molecule has 2 rings (SSSR count). The summed E-state index contributed by atoms with van der Waals surface area (Å²) in [6, 6.07) is 9.37. The van der Waals surface area contributed by atoms with Crippen molar-refractivity contribution < 1.29 is 9.59 Å². The number of carbonyl (C=O) groups excluding carboxylic acids is 2. The van der Waals surface area contributed by atoms with Crippen LogP contribution in [-0.4, -0.2) is 48.8 Å². The summed E-state index contributed by atoms with van der Waals surface area (Å²) in [5, 5.41) is -0.646. The molecule has 1 aliphatic heterocycles. The minimum Gasteiger partial charge on any atom is -0.349 e. The van der Waals surface area contributed by atoms with Crippen LogP contribution in [0.5, 0.6) is 0 Å². The highest BCUT2D eigenvalue weighted by Gasteiger charge is 2.31. The molecule has 5 heteroatoms. The maximum atomic E-state index is 12.4. The smallest absolute Gasteiger partial charge is 0.245 e. The zero-order valence-electron chi connectivity index (χ0n) is 12.5. The number of piperidine rings is 1. The highest BCUT2D eigenvalue weighted by molar-refractivity contribution is 6.30. The lowest BCUT2D eigenvalue weighted by Crippen LogP contribution is -2.43. The molecule has 114 valence electrons. The maximum absolute atomic E-state index is 12.4. The second-order valence-electron chi connectivity index (χ2n) is 5.61. The average molecular weight is 309 g/mol. The number of amides is 2. The minimum atomic E-state index is -0.646. The van der Waals surface area contributed by atoms with E-state index in [1.165, 1.54) is 0 Å². The monoisotopic (exact) mass is 308 g/mol. The lowest BCUT2D eigenvalue weighted by Gasteiger charge is -2.33. The van der Waals surface area contributed by atoms with Crippen LogP contribution in [0.15, 0.2) is 30.3 Å². The molecule has 1 fully saturated rings. The highest BCUT2D eigenvalue weighted by Crippen LogP contribution is 2.26. The third-order valence-electron chi connectivity index (χ3n) is 3.91. The molecule has 0 saturated carbocycles. The van der Waals surface area contributed by atoms with Gasteiger partial charge in [0.05, 0.1) is 0 Å². The van der Waals surface area contributed by atoms with E-state index in [9.17, 15) is 9.59 Å². The molecule has 0 spiro atoms. The molecule has 1 saturated heterocycles. The van der Waals surface area contributed by atoms with E-state index in [1.807, 2.05) is 30.3 Å². The van der Waals surface area contributed by atoms with Crippen LogP contribution in [-0.2, 0) is 9.59 Å². The van der Waals surface area contributed by atoms with Gasteiger partial charge in [-0.05, 0) is 18.4 Å². The number of benzene rings is 1. The summed E-state index contributed by atoms with van der Waals surface area (Å²) >= 11 is 6.27. The number of rotatable bonds is 3. The molecular weight excluding hydrogens is 288 g/mol. The Morgan fingerprint density at radius 2 is 1.76 bits per heavy atom. The molecule has 1 unspecified atom stereocenters. The van der Waals surface area contributed by atoms with Gasteiger partial charge in [0.2, 0.25) is 11.8 Å². The van der Waals surface area contributed by atoms with Crippen LogP contribution in [0.1, 0.15) is 23.8 Å². The molecule has 1 aliphatic rings. The predicted octanol–water partition coefficient (Wildman–Crippen LogP) is 2.29. The first-order chi connectivity index (χ1) is 10.0. The topological polar surface area (TPSA) is 40.6 Å². The normalized spacial score (nSPS) is 17.4. The summed E-state index contributed by atoms with van der Waals surface area (Å²) in [4.78, 5) is 27.7. The Morgan fingerprint density at radius 3 is 2.29 bits per heavy atom. The van der Waals surface area contributed by atoms with Crippen LogP contribution in [0.25, 0.3) is 0 Å². The number of hydrogen-bond donors (Lipinski definition) is 0. The van der Waals surface area contributed by atoms with Crippen molar-refractivity contribution in [2.45, 2.75) is 18.2 Å². The third-order valence-corrected chi connectivity index (χ3v) is 4.34. The molecule has 1 aromatic rings. The summed E-state index contributed by atoms with van der Waals surface area (Å²) in [5.74, 6) is 0.0979. The lowest BCUT2D eigenvalue weighted by molar-refractivity contribution is -0.139. The van der Waals surface area contributed by atoms with Crippen molar-refractivity contribution >= 4 is 23.4 Å². The van der Waals surface area contributed by atoms with Crippen LogP contribution in [0.3, 0.4) is 0 Å². The Kier molecular flexibility index (Phi) is 5.23. The largest absolute Gasteiger partial charge is 0.349 e. The van der Waals surface area contributed by atoms with E-state index in [2.05, 4.69) is 0 Å². The second kappa shape index (κ2) is 6.94. The quantitative estimate of drug-likeness (QED) is 0.804. The van der Waals surface area contributed by atoms with E-state index < -0.39 is 5.38 Å². The summed E-state index contributed by atoms with van der Waals surface area (Å²) in [6.45, 7) is 1.19. The number of nitrogens with zero attached hydrogens (tertiary/aromatic N) is 2. The van der Waals surface area contributed by atoms with Crippen molar-refractivity contribution in [3.63, 3.8) is 0 Å². The van der Waals surface area contributed by atoms with Gasteiger partial charge >= 0.3 is 0 Å². The van der Waals surface area contributed by atoms with Gasteiger partial charge in [-0.15, -0.1) is 11.6 Å². The molecule has 0 radical (unpaired) electrons. The summed E-state index contributed by atoms with van der Waals surface area (Å²) in [7, 11) is 3.54. The van der Waals surface area contributed by atoms with Gasteiger partial charge in [-0.3, -0.25) is 9.59 Å². The molecule has 1 aromatic carbocycles. The molecule has 4 nitrogen and oxygen atoms in total. The van der Waals surface area contributed by atoms with Gasteiger partial charge in [0, 0.05) is 33.1 Å². The standard InChI is InChI=1S/C16H21ClN2O2/c1-18(2)15(20)13-8-10-19(11-9-13)16(21)14(17)12-6-4-3-5-7-12/h3-7,13-14H,8-11H2,1-2H3. The van der Waals surface area contributed by atoms with E-state index in [4.69, 9.17) is 11.6 Å². The van der Waals surface area contributed by atoms with Crippen LogP contribution in [0, 0.1) is 5.92 Å². The molecule has 0 aliphatic carbocycles. The fourth-order valence-electron chi connectivity index (χ4n) is 2.64. The van der Waals surface area contributed by atoms with Gasteiger partial charge in [0.1, 0.15) is 5.38 Å². The maximum Gasteiger partial charge on any atom is 0.245 e. The second-order valence-corrected chi connectivity index (χ2v) is 6.04. The van der Waals surface area contributed by atoms with Crippen molar-refractivity contribution in [1.29, 1.82) is 0 Å². The Labute approximate surface area is 130 Å². The van der Waals surface area contributed by atoms with Crippen molar-refractivity contribution in [3.05, 3.63) is 35.9 Å². The summed E-state index contributed by atoms with van der Waals surface area (Å²) in [6.07, 6.45) is 1.42. The zero-order valence-corrected chi connectivity index (χ0v) is 13.2. The summed E-state index contributed by atoms with van der Waals surface area (Å²) < 4.78 is 0. The third kappa shape index (κ3) is 3.76. The molecule has 2 amide bonds. The predicted molar refractivity (Wildman–Crippen MR) is 83.0 cm³/mol. The number of alkyl halides is 1. The van der Waals surface area contributed by atoms with Crippen molar-refractivity contribution in [3.8, 4) is 0 Å². The molecule has 0 bridgehead atoms. The van der Waals surface area contributed by atoms with Crippen LogP contribution in [0.4, 0.5) is 0 Å². The van der Waals surface area contributed by atoms with Crippen molar-refractivity contribution in [2.75, 3.05) is 27.2 Å². The molecule has 21 heavy (non-hydrogen) atoms. The van der Waals surface area contributed by atoms with Gasteiger partial charge in [-0.1, -0.05) is 30.3 Å². The Bertz CT molecular complexity index is 496. The van der Waals surface area contributed by atoms with Gasteiger partial charge in [0.25, 0.3) is 0 Å². The number of carbonyl (C=O) groups is 2. The number of likely N-dealkylation sites (tertiary alicyclic amines) is 1. The van der Waals surface area contributed by atoms with Crippen molar-refractivity contribution in [1.82, 2.24) is 9.80 Å². The SMILES string of the molecule is CN(C)C(=O)C1CCN(C(=O)C(Cl)c2ccccc2)CC1. The van der Waals surface area contributed by atoms with E-state index in [-0.39, 0.29) is 17.7 Å². The van der Waals surface area contributed by atoms with Gasteiger partial charge < -0.3 is 9.80 Å². The molecular formula is C16H21ClN2O2. The fraction of sp³-hybridized carbons (Fsp3) is 0.500. The van der Waals surface area contributed by atoms with Gasteiger partial charge in [-0.25, -0.2) is 0 Å². The van der Waals surface area contributed by atoms with Crippen molar-refractivity contribution in [2.24, 2.45) is 5.92 Å². The van der Waals surface area contributed by atoms with E-state index >= 15 is 0 Å². The lowest BCUT2D eigenvalue weighted by atomic mass is 9.95. The first-order valence-corrected chi connectivity index (χ1v) is 7.63. The van der Waals surface area contributed by atoms with Crippen LogP contribution >= 0.6 is 11.6 Å². The Balaban J connectivity index is 1.93. The number of hydrogen-bond acceptors (Lipinski definition) is 2. The summed E-state index contributed by atoms with van der Waals surface area (Å²) in [5.41, 5.74) is 0.815.